The Morgan fingerprint density at radius 2 is 2.10 bits per heavy atom. The maximum atomic E-state index is 13.1. The van der Waals surface area contributed by atoms with E-state index in [9.17, 15) is 9.59 Å². The summed E-state index contributed by atoms with van der Waals surface area (Å²) in [5, 5.41) is 12.9. The van der Waals surface area contributed by atoms with Crippen LogP contribution in [-0.2, 0) is 4.79 Å². The molecular formula is C23H22N4O2S. The molecule has 1 aliphatic carbocycles. The summed E-state index contributed by atoms with van der Waals surface area (Å²) in [6.45, 7) is 4.06. The average Bonchev–Trinajstić information content (AvgIpc) is 3.39. The molecule has 0 spiro atoms. The fourth-order valence-corrected chi connectivity index (χ4v) is 4.97. The second kappa shape index (κ2) is 7.25. The first-order valence-electron chi connectivity index (χ1n) is 10.1. The van der Waals surface area contributed by atoms with Crippen LogP contribution in [0.25, 0.3) is 0 Å². The molecule has 1 aliphatic heterocycles. The lowest BCUT2D eigenvalue weighted by molar-refractivity contribution is -0.116. The number of fused-ring (bicyclic) bond motifs is 1. The lowest BCUT2D eigenvalue weighted by atomic mass is 9.88. The molecule has 2 aliphatic rings. The maximum Gasteiger partial charge on any atom is 0.261 e. The Morgan fingerprint density at radius 3 is 2.87 bits per heavy atom. The average molecular weight is 419 g/mol. The number of aromatic nitrogens is 2. The van der Waals surface area contributed by atoms with Crippen LogP contribution in [0.2, 0.25) is 0 Å². The molecule has 30 heavy (non-hydrogen) atoms. The Bertz CT molecular complexity index is 1190. The van der Waals surface area contributed by atoms with Gasteiger partial charge in [0.15, 0.2) is 5.78 Å². The molecule has 0 fully saturated rings. The number of nitrogens with one attached hydrogen (secondary N) is 2. The molecule has 1 atom stereocenters. The number of carbonyl (C=O) groups is 2. The molecule has 2 N–H and O–H groups in total. The number of anilines is 2. The van der Waals surface area contributed by atoms with Crippen LogP contribution in [0.5, 0.6) is 0 Å². The molecule has 1 amide bonds. The third kappa shape index (κ3) is 3.06. The first-order valence-corrected chi connectivity index (χ1v) is 10.9. The summed E-state index contributed by atoms with van der Waals surface area (Å²) in [5.74, 6) is 0.579. The number of Topliss-reactive ketones (excluding diaryl/α,β-unsaturated/α-hetero) is 1. The topological polar surface area (TPSA) is 76.0 Å². The highest BCUT2D eigenvalue weighted by atomic mass is 32.1. The van der Waals surface area contributed by atoms with E-state index in [4.69, 9.17) is 0 Å². The molecular weight excluding hydrogens is 396 g/mol. The van der Waals surface area contributed by atoms with Crippen molar-refractivity contribution in [1.29, 1.82) is 0 Å². The number of allylic oxidation sites excluding steroid dienone is 2. The van der Waals surface area contributed by atoms with Crippen LogP contribution in [0, 0.1) is 13.8 Å². The van der Waals surface area contributed by atoms with Crippen LogP contribution in [0.1, 0.15) is 51.7 Å². The smallest absolute Gasteiger partial charge is 0.261 e. The van der Waals surface area contributed by atoms with Gasteiger partial charge < -0.3 is 10.6 Å². The summed E-state index contributed by atoms with van der Waals surface area (Å²) in [6.07, 6.45) is 3.76. The number of amides is 1. The standard InChI is InChI=1S/C23H22N4O2S/c1-13-8-9-15(11-14(13)2)25-23(29)16-12-24-27-21(19-7-4-10-30-19)20-17(26-22(16)27)5-3-6-18(20)28/h4,7-12,21,26H,3,5-6H2,1-2H3,(H,25,29). The van der Waals surface area contributed by atoms with E-state index in [1.165, 1.54) is 5.56 Å². The number of thiophene rings is 1. The van der Waals surface area contributed by atoms with Crippen molar-refractivity contribution in [2.24, 2.45) is 0 Å². The number of nitrogens with zero attached hydrogens (tertiary/aromatic N) is 2. The summed E-state index contributed by atoms with van der Waals surface area (Å²) in [4.78, 5) is 26.9. The Morgan fingerprint density at radius 1 is 1.23 bits per heavy atom. The van der Waals surface area contributed by atoms with Gasteiger partial charge in [-0.15, -0.1) is 11.3 Å². The summed E-state index contributed by atoms with van der Waals surface area (Å²) in [7, 11) is 0. The van der Waals surface area contributed by atoms with E-state index in [0.29, 0.717) is 17.8 Å². The van der Waals surface area contributed by atoms with Crippen molar-refractivity contribution in [1.82, 2.24) is 9.78 Å². The third-order valence-electron chi connectivity index (χ3n) is 5.86. The zero-order valence-corrected chi connectivity index (χ0v) is 17.7. The van der Waals surface area contributed by atoms with Crippen molar-refractivity contribution in [3.63, 3.8) is 0 Å². The van der Waals surface area contributed by atoms with E-state index in [-0.39, 0.29) is 17.7 Å². The second-order valence-electron chi connectivity index (χ2n) is 7.82. The van der Waals surface area contributed by atoms with Crippen molar-refractivity contribution in [2.45, 2.75) is 39.2 Å². The second-order valence-corrected chi connectivity index (χ2v) is 8.80. The predicted molar refractivity (Wildman–Crippen MR) is 118 cm³/mol. The summed E-state index contributed by atoms with van der Waals surface area (Å²) >= 11 is 1.60. The molecule has 2 aromatic heterocycles. The van der Waals surface area contributed by atoms with Crippen molar-refractivity contribution < 1.29 is 9.59 Å². The number of rotatable bonds is 3. The molecule has 1 unspecified atom stereocenters. The first-order chi connectivity index (χ1) is 14.5. The largest absolute Gasteiger partial charge is 0.343 e. The van der Waals surface area contributed by atoms with E-state index in [0.717, 1.165) is 40.2 Å². The Labute approximate surface area is 178 Å². The van der Waals surface area contributed by atoms with E-state index >= 15 is 0 Å². The maximum absolute atomic E-state index is 13.1. The van der Waals surface area contributed by atoms with Gasteiger partial charge in [0, 0.05) is 28.3 Å². The van der Waals surface area contributed by atoms with Gasteiger partial charge in [-0.25, -0.2) is 4.68 Å². The minimum atomic E-state index is -0.285. The normalized spacial score (nSPS) is 17.9. The van der Waals surface area contributed by atoms with Crippen LogP contribution in [-0.4, -0.2) is 21.5 Å². The number of carbonyl (C=O) groups excluding carboxylic acids is 2. The molecule has 6 nitrogen and oxygen atoms in total. The van der Waals surface area contributed by atoms with Gasteiger partial charge in [-0.05, 0) is 61.4 Å². The molecule has 0 saturated carbocycles. The molecule has 3 aromatic rings. The fourth-order valence-electron chi connectivity index (χ4n) is 4.15. The third-order valence-corrected chi connectivity index (χ3v) is 6.79. The Balaban J connectivity index is 1.54. The first kappa shape index (κ1) is 18.8. The quantitative estimate of drug-likeness (QED) is 0.638. The fraction of sp³-hybridized carbons (Fsp3) is 0.261. The molecule has 152 valence electrons. The van der Waals surface area contributed by atoms with Gasteiger partial charge in [0.25, 0.3) is 5.91 Å². The zero-order valence-electron chi connectivity index (χ0n) is 16.9. The van der Waals surface area contributed by atoms with E-state index in [2.05, 4.69) is 15.7 Å². The van der Waals surface area contributed by atoms with Gasteiger partial charge >= 0.3 is 0 Å². The molecule has 1 aromatic carbocycles. The van der Waals surface area contributed by atoms with Crippen molar-refractivity contribution in [2.75, 3.05) is 10.6 Å². The molecule has 7 heteroatoms. The lowest BCUT2D eigenvalue weighted by Gasteiger charge is -2.32. The van der Waals surface area contributed by atoms with Gasteiger partial charge in [-0.2, -0.15) is 5.10 Å². The summed E-state index contributed by atoms with van der Waals surface area (Å²) in [6, 6.07) is 9.57. The Kier molecular flexibility index (Phi) is 4.55. The lowest BCUT2D eigenvalue weighted by Crippen LogP contribution is -2.31. The highest BCUT2D eigenvalue weighted by molar-refractivity contribution is 7.10. The minimum Gasteiger partial charge on any atom is -0.343 e. The van der Waals surface area contributed by atoms with Gasteiger partial charge in [0.05, 0.1) is 6.20 Å². The van der Waals surface area contributed by atoms with Crippen LogP contribution in [0.3, 0.4) is 0 Å². The predicted octanol–water partition coefficient (Wildman–Crippen LogP) is 4.84. The van der Waals surface area contributed by atoms with E-state index in [1.807, 2.05) is 49.6 Å². The molecule has 0 saturated heterocycles. The van der Waals surface area contributed by atoms with Crippen LogP contribution >= 0.6 is 11.3 Å². The number of hydrogen-bond acceptors (Lipinski definition) is 5. The van der Waals surface area contributed by atoms with E-state index in [1.54, 1.807) is 22.2 Å². The number of hydrogen-bond donors (Lipinski definition) is 2. The Hall–Kier alpha value is -3.19. The molecule has 3 heterocycles. The zero-order chi connectivity index (χ0) is 20.8. The SMILES string of the molecule is Cc1ccc(NC(=O)c2cnn3c2NC2=C(C(=O)CCC2)C3c2cccs2)cc1C. The highest BCUT2D eigenvalue weighted by Crippen LogP contribution is 2.42. The van der Waals surface area contributed by atoms with Gasteiger partial charge in [-0.3, -0.25) is 9.59 Å². The number of aryl methyl sites for hydroxylation is 2. The van der Waals surface area contributed by atoms with Crippen molar-refractivity contribution in [3.05, 3.63) is 74.7 Å². The van der Waals surface area contributed by atoms with Crippen LogP contribution < -0.4 is 10.6 Å². The molecule has 0 radical (unpaired) electrons. The highest BCUT2D eigenvalue weighted by Gasteiger charge is 2.37. The van der Waals surface area contributed by atoms with Gasteiger partial charge in [-0.1, -0.05) is 12.1 Å². The van der Waals surface area contributed by atoms with Gasteiger partial charge in [0.2, 0.25) is 0 Å². The molecule has 0 bridgehead atoms. The number of benzene rings is 1. The summed E-state index contributed by atoms with van der Waals surface area (Å²) in [5.41, 5.74) is 5.22. The molecule has 5 rings (SSSR count). The van der Waals surface area contributed by atoms with Crippen molar-refractivity contribution in [3.8, 4) is 0 Å². The van der Waals surface area contributed by atoms with E-state index < -0.39 is 0 Å². The van der Waals surface area contributed by atoms with Gasteiger partial charge in [0.1, 0.15) is 17.4 Å². The number of ketones is 1. The summed E-state index contributed by atoms with van der Waals surface area (Å²) < 4.78 is 1.78. The van der Waals surface area contributed by atoms with Crippen LogP contribution in [0.4, 0.5) is 11.5 Å². The van der Waals surface area contributed by atoms with Crippen molar-refractivity contribution >= 4 is 34.5 Å². The monoisotopic (exact) mass is 418 g/mol. The van der Waals surface area contributed by atoms with Crippen LogP contribution in [0.15, 0.2) is 53.2 Å². The minimum absolute atomic E-state index is 0.157.